The maximum absolute atomic E-state index is 13.9. The molecule has 0 aliphatic carbocycles. The number of phenolic OH excluding ortho intramolecular Hbond substituents is 1. The van der Waals surface area contributed by atoms with Gasteiger partial charge < -0.3 is 30.1 Å². The van der Waals surface area contributed by atoms with E-state index in [2.05, 4.69) is 5.32 Å². The maximum atomic E-state index is 13.9. The molecule has 0 saturated carbocycles. The lowest BCUT2D eigenvalue weighted by atomic mass is 9.82. The molecule has 1 aliphatic heterocycles. The first kappa shape index (κ1) is 24.0. The van der Waals surface area contributed by atoms with Crippen LogP contribution in [0, 0.1) is 11.7 Å². The Morgan fingerprint density at radius 1 is 1.22 bits per heavy atom. The van der Waals surface area contributed by atoms with Crippen molar-refractivity contribution in [2.45, 2.75) is 58.2 Å². The first-order chi connectivity index (χ1) is 15.0. The minimum absolute atomic E-state index is 0.0224. The minimum atomic E-state index is -1.32. The topological polar surface area (TPSA) is 108 Å². The third-order valence-electron chi connectivity index (χ3n) is 6.01. The molecule has 0 radical (unpaired) electrons. The van der Waals surface area contributed by atoms with Crippen LogP contribution < -0.4 is 10.1 Å². The Hall–Kier alpha value is -2.68. The van der Waals surface area contributed by atoms with Gasteiger partial charge in [0.25, 0.3) is 0 Å². The number of carbonyl (C=O) groups is 1. The van der Waals surface area contributed by atoms with Gasteiger partial charge in [-0.25, -0.2) is 4.39 Å². The van der Waals surface area contributed by atoms with Crippen molar-refractivity contribution in [1.82, 2.24) is 5.32 Å². The number of rotatable bonds is 6. The van der Waals surface area contributed by atoms with Crippen LogP contribution in [0.1, 0.15) is 33.3 Å². The Kier molecular flexibility index (Phi) is 7.07. The summed E-state index contributed by atoms with van der Waals surface area (Å²) in [5.41, 5.74) is 0.687. The number of phenols is 1. The average molecular weight is 448 g/mol. The van der Waals surface area contributed by atoms with E-state index in [1.54, 1.807) is 32.9 Å². The summed E-state index contributed by atoms with van der Waals surface area (Å²) in [4.78, 5) is 11.2. The fraction of sp³-hybridized carbons (Fsp3) is 0.458. The normalized spacial score (nSPS) is 24.7. The van der Waals surface area contributed by atoms with Gasteiger partial charge in [-0.2, -0.15) is 0 Å². The molecule has 3 rings (SSSR count). The first-order valence-electron chi connectivity index (χ1n) is 10.6. The Bertz CT molecular complexity index is 979. The van der Waals surface area contributed by atoms with E-state index >= 15 is 0 Å². The van der Waals surface area contributed by atoms with Crippen molar-refractivity contribution in [2.75, 3.05) is 6.54 Å². The fourth-order valence-electron chi connectivity index (χ4n) is 3.82. The number of aliphatic hydroxyl groups excluding tert-OH is 2. The predicted molar refractivity (Wildman–Crippen MR) is 117 cm³/mol. The summed E-state index contributed by atoms with van der Waals surface area (Å²) in [6, 6.07) is 9.01. The predicted octanol–water partition coefficient (Wildman–Crippen LogP) is 2.75. The molecule has 32 heavy (non-hydrogen) atoms. The Labute approximate surface area is 186 Å². The monoisotopic (exact) mass is 447 g/mol. The number of halogens is 1. The highest BCUT2D eigenvalue weighted by Gasteiger charge is 2.48. The highest BCUT2D eigenvalue weighted by atomic mass is 19.1. The summed E-state index contributed by atoms with van der Waals surface area (Å²) in [5, 5.41) is 34.6. The highest BCUT2D eigenvalue weighted by Crippen LogP contribution is 2.42. The van der Waals surface area contributed by atoms with E-state index in [1.165, 1.54) is 31.2 Å². The van der Waals surface area contributed by atoms with Gasteiger partial charge in [-0.05, 0) is 49.6 Å². The lowest BCUT2D eigenvalue weighted by Crippen LogP contribution is -2.59. The number of hydrogen-bond acceptors (Lipinski definition) is 6. The summed E-state index contributed by atoms with van der Waals surface area (Å²) in [6.45, 7) is 7.08. The zero-order chi connectivity index (χ0) is 23.6. The summed E-state index contributed by atoms with van der Waals surface area (Å²) in [6.07, 6.45) is -3.22. The number of carbonyl (C=O) groups excluding carboxylic acids is 1. The minimum Gasteiger partial charge on any atom is -0.504 e. The molecule has 1 aliphatic rings. The standard InChI is InChI=1S/C24H30FNO6/c1-13-20(28)22(30)23(32-24(13,3)4)31-18-9-8-15(10-11-26-14(2)27)19(21(18)29)16-6-5-7-17(25)12-16/h5-9,12-13,20,22-23,28-30H,10-11H2,1-4H3,(H,26,27)/t13-,20-,22-,23?/m1/s1. The molecule has 1 heterocycles. The van der Waals surface area contributed by atoms with Crippen molar-refractivity contribution in [1.29, 1.82) is 0 Å². The molecule has 0 aromatic heterocycles. The van der Waals surface area contributed by atoms with E-state index < -0.39 is 29.9 Å². The number of benzene rings is 2. The third-order valence-corrected chi connectivity index (χ3v) is 6.01. The summed E-state index contributed by atoms with van der Waals surface area (Å²) in [7, 11) is 0. The molecular weight excluding hydrogens is 417 g/mol. The van der Waals surface area contributed by atoms with Gasteiger partial charge in [-0.3, -0.25) is 4.79 Å². The largest absolute Gasteiger partial charge is 0.504 e. The Morgan fingerprint density at radius 3 is 2.59 bits per heavy atom. The third kappa shape index (κ3) is 5.03. The van der Waals surface area contributed by atoms with Gasteiger partial charge in [0, 0.05) is 24.9 Å². The second-order valence-electron chi connectivity index (χ2n) is 8.67. The molecule has 174 valence electrons. The van der Waals surface area contributed by atoms with Crippen molar-refractivity contribution in [3.05, 3.63) is 47.8 Å². The molecule has 2 aromatic carbocycles. The van der Waals surface area contributed by atoms with Crippen LogP contribution in [0.2, 0.25) is 0 Å². The molecule has 1 unspecified atom stereocenters. The molecule has 4 atom stereocenters. The van der Waals surface area contributed by atoms with Gasteiger partial charge in [0.1, 0.15) is 11.9 Å². The highest BCUT2D eigenvalue weighted by molar-refractivity contribution is 5.77. The molecule has 0 bridgehead atoms. The van der Waals surface area contributed by atoms with Gasteiger partial charge in [0.2, 0.25) is 12.2 Å². The lowest BCUT2D eigenvalue weighted by Gasteiger charge is -2.46. The molecule has 2 aromatic rings. The number of ether oxygens (including phenoxy) is 2. The zero-order valence-electron chi connectivity index (χ0n) is 18.6. The Morgan fingerprint density at radius 2 is 1.94 bits per heavy atom. The van der Waals surface area contributed by atoms with Crippen LogP contribution in [0.25, 0.3) is 11.1 Å². The quantitative estimate of drug-likeness (QED) is 0.542. The SMILES string of the molecule is CC(=O)NCCc1ccc(OC2OC(C)(C)[C@H](C)[C@@H](O)[C@H]2O)c(O)c1-c1cccc(F)c1. The first-order valence-corrected chi connectivity index (χ1v) is 10.6. The molecule has 1 amide bonds. The van der Waals surface area contributed by atoms with Crippen molar-refractivity contribution >= 4 is 5.91 Å². The van der Waals surface area contributed by atoms with Crippen LogP contribution in [0.5, 0.6) is 11.5 Å². The lowest BCUT2D eigenvalue weighted by molar-refractivity contribution is -0.285. The fourth-order valence-corrected chi connectivity index (χ4v) is 3.82. The van der Waals surface area contributed by atoms with E-state index in [0.29, 0.717) is 29.7 Å². The molecule has 8 heteroatoms. The van der Waals surface area contributed by atoms with Crippen LogP contribution >= 0.6 is 0 Å². The van der Waals surface area contributed by atoms with Crippen LogP contribution in [0.15, 0.2) is 36.4 Å². The zero-order valence-corrected chi connectivity index (χ0v) is 18.6. The van der Waals surface area contributed by atoms with Crippen molar-refractivity contribution in [2.24, 2.45) is 5.92 Å². The maximum Gasteiger partial charge on any atom is 0.229 e. The number of hydrogen-bond donors (Lipinski definition) is 4. The number of amides is 1. The second-order valence-corrected chi connectivity index (χ2v) is 8.67. The van der Waals surface area contributed by atoms with Gasteiger partial charge in [0.05, 0.1) is 11.7 Å². The second kappa shape index (κ2) is 9.44. The summed E-state index contributed by atoms with van der Waals surface area (Å²) < 4.78 is 25.6. The van der Waals surface area contributed by atoms with Crippen molar-refractivity contribution < 1.29 is 34.0 Å². The molecule has 1 fully saturated rings. The number of aromatic hydroxyl groups is 1. The van der Waals surface area contributed by atoms with Gasteiger partial charge in [-0.15, -0.1) is 0 Å². The molecular formula is C24H30FNO6. The van der Waals surface area contributed by atoms with Crippen LogP contribution in [-0.4, -0.2) is 51.9 Å². The van der Waals surface area contributed by atoms with E-state index in [1.807, 2.05) is 0 Å². The average Bonchev–Trinajstić information content (AvgIpc) is 2.72. The smallest absolute Gasteiger partial charge is 0.229 e. The van der Waals surface area contributed by atoms with Crippen LogP contribution in [0.4, 0.5) is 4.39 Å². The van der Waals surface area contributed by atoms with E-state index in [9.17, 15) is 24.5 Å². The van der Waals surface area contributed by atoms with Crippen LogP contribution in [0.3, 0.4) is 0 Å². The van der Waals surface area contributed by atoms with Crippen LogP contribution in [-0.2, 0) is 16.0 Å². The van der Waals surface area contributed by atoms with Crippen molar-refractivity contribution in [3.8, 4) is 22.6 Å². The van der Waals surface area contributed by atoms with Gasteiger partial charge in [0.15, 0.2) is 11.5 Å². The number of aliphatic hydroxyl groups is 2. The summed E-state index contributed by atoms with van der Waals surface area (Å²) >= 11 is 0. The van der Waals surface area contributed by atoms with Gasteiger partial charge in [-0.1, -0.05) is 25.1 Å². The van der Waals surface area contributed by atoms with Crippen molar-refractivity contribution in [3.63, 3.8) is 0 Å². The molecule has 7 nitrogen and oxygen atoms in total. The molecule has 0 spiro atoms. The van der Waals surface area contributed by atoms with E-state index in [4.69, 9.17) is 9.47 Å². The van der Waals surface area contributed by atoms with E-state index in [0.717, 1.165) is 0 Å². The molecule has 4 N–H and O–H groups in total. The number of nitrogens with one attached hydrogen (secondary N) is 1. The van der Waals surface area contributed by atoms with Gasteiger partial charge >= 0.3 is 0 Å². The summed E-state index contributed by atoms with van der Waals surface area (Å²) in [5.74, 6) is -1.22. The Balaban J connectivity index is 1.97. The van der Waals surface area contributed by atoms with E-state index in [-0.39, 0.29) is 23.3 Å². The molecule has 1 saturated heterocycles.